The largest absolute Gasteiger partial charge is 0.353 e. The molecule has 166 valence electrons. The molecule has 0 aromatic heterocycles. The van der Waals surface area contributed by atoms with E-state index in [1.165, 1.54) is 25.7 Å². The first-order valence-corrected chi connectivity index (χ1v) is 13.0. The molecule has 2 saturated carbocycles. The van der Waals surface area contributed by atoms with Gasteiger partial charge in [-0.1, -0.05) is 24.1 Å². The van der Waals surface area contributed by atoms with Crippen LogP contribution in [-0.4, -0.2) is 37.8 Å². The third-order valence-electron chi connectivity index (χ3n) is 7.83. The molecule has 1 aromatic rings. The molecular formula is C24H36N2O3S. The molecule has 1 N–H and O–H groups in total. The van der Waals surface area contributed by atoms with Crippen molar-refractivity contribution in [3.8, 4) is 0 Å². The number of hydrogen-bond acceptors (Lipinski definition) is 3. The highest BCUT2D eigenvalue weighted by Crippen LogP contribution is 2.49. The maximum absolute atomic E-state index is 13.3. The molecule has 0 radical (unpaired) electrons. The summed E-state index contributed by atoms with van der Waals surface area (Å²) in [6.07, 6.45) is 6.49. The van der Waals surface area contributed by atoms with Crippen molar-refractivity contribution in [1.29, 1.82) is 0 Å². The molecule has 30 heavy (non-hydrogen) atoms. The molecule has 4 rings (SSSR count). The summed E-state index contributed by atoms with van der Waals surface area (Å²) < 4.78 is 28.1. The lowest BCUT2D eigenvalue weighted by Crippen LogP contribution is -2.47. The molecule has 0 spiro atoms. The normalized spacial score (nSPS) is 28.6. The highest BCUT2D eigenvalue weighted by atomic mass is 32.2. The lowest BCUT2D eigenvalue weighted by atomic mass is 9.83. The number of nitrogens with zero attached hydrogens (tertiary/aromatic N) is 1. The zero-order valence-electron chi connectivity index (χ0n) is 18.8. The monoisotopic (exact) mass is 432 g/mol. The van der Waals surface area contributed by atoms with Gasteiger partial charge in [0.25, 0.3) is 0 Å². The van der Waals surface area contributed by atoms with Gasteiger partial charge in [0, 0.05) is 25.0 Å². The van der Waals surface area contributed by atoms with Crippen molar-refractivity contribution in [2.24, 2.45) is 23.7 Å². The van der Waals surface area contributed by atoms with Gasteiger partial charge in [0.1, 0.15) is 0 Å². The van der Waals surface area contributed by atoms with Gasteiger partial charge >= 0.3 is 0 Å². The van der Waals surface area contributed by atoms with Crippen LogP contribution in [0.25, 0.3) is 0 Å². The molecule has 1 saturated heterocycles. The van der Waals surface area contributed by atoms with Crippen molar-refractivity contribution >= 4 is 15.9 Å². The van der Waals surface area contributed by atoms with E-state index in [0.717, 1.165) is 28.5 Å². The summed E-state index contributed by atoms with van der Waals surface area (Å²) in [6.45, 7) is 8.70. The number of hydrogen-bond donors (Lipinski definition) is 1. The molecule has 1 aliphatic heterocycles. The maximum Gasteiger partial charge on any atom is 0.243 e. The fourth-order valence-corrected chi connectivity index (χ4v) is 8.30. The molecule has 0 unspecified atom stereocenters. The summed E-state index contributed by atoms with van der Waals surface area (Å²) in [4.78, 5) is 13.3. The summed E-state index contributed by atoms with van der Waals surface area (Å²) in [5.41, 5.74) is 2.67. The molecule has 5 nitrogen and oxygen atoms in total. The van der Waals surface area contributed by atoms with Gasteiger partial charge in [-0.2, -0.15) is 4.31 Å². The average molecular weight is 433 g/mol. The van der Waals surface area contributed by atoms with Crippen LogP contribution in [0.2, 0.25) is 0 Å². The van der Waals surface area contributed by atoms with Crippen LogP contribution in [0.4, 0.5) is 0 Å². The van der Waals surface area contributed by atoms with E-state index in [9.17, 15) is 13.2 Å². The first kappa shape index (κ1) is 21.8. The standard InChI is InChI=1S/C24H36N2O3S/c1-15-11-16(2)23(17(3)12-15)30(28,29)26-9-7-20(8-10-26)24(27)25-18(4)22-14-19-5-6-21(22)13-19/h11-12,18-22H,5-10,13-14H2,1-4H3,(H,25,27)/t18-,19-,21-,22-/m0/s1. The first-order valence-electron chi connectivity index (χ1n) is 11.5. The van der Waals surface area contributed by atoms with E-state index in [2.05, 4.69) is 12.2 Å². The SMILES string of the molecule is Cc1cc(C)c(S(=O)(=O)N2CCC(C(=O)N[C@@H](C)[C@@H]3C[C@H]4CC[C@H]3C4)CC2)c(C)c1. The Morgan fingerprint density at radius 3 is 2.20 bits per heavy atom. The van der Waals surface area contributed by atoms with Gasteiger partial charge in [-0.15, -0.1) is 0 Å². The Balaban J connectivity index is 1.36. The van der Waals surface area contributed by atoms with Crippen LogP contribution in [0.3, 0.4) is 0 Å². The second kappa shape index (κ2) is 8.27. The van der Waals surface area contributed by atoms with E-state index in [1.807, 2.05) is 32.9 Å². The number of rotatable bonds is 5. The van der Waals surface area contributed by atoms with Crippen molar-refractivity contribution in [1.82, 2.24) is 9.62 Å². The van der Waals surface area contributed by atoms with Crippen LogP contribution in [-0.2, 0) is 14.8 Å². The summed E-state index contributed by atoms with van der Waals surface area (Å²) in [6, 6.07) is 4.08. The van der Waals surface area contributed by atoms with Crippen LogP contribution < -0.4 is 5.32 Å². The van der Waals surface area contributed by atoms with Crippen LogP contribution in [0.15, 0.2) is 17.0 Å². The van der Waals surface area contributed by atoms with E-state index in [1.54, 1.807) is 4.31 Å². The second-order valence-electron chi connectivity index (χ2n) is 10.0. The highest BCUT2D eigenvalue weighted by Gasteiger charge is 2.42. The predicted octanol–water partition coefficient (Wildman–Crippen LogP) is 3.95. The highest BCUT2D eigenvalue weighted by molar-refractivity contribution is 7.89. The van der Waals surface area contributed by atoms with Gasteiger partial charge in [0.2, 0.25) is 15.9 Å². The zero-order chi connectivity index (χ0) is 21.6. The number of carbonyl (C=O) groups excluding carboxylic acids is 1. The van der Waals surface area contributed by atoms with Gasteiger partial charge in [0.15, 0.2) is 0 Å². The third-order valence-corrected chi connectivity index (χ3v) is 10.0. The van der Waals surface area contributed by atoms with Crippen molar-refractivity contribution in [2.45, 2.75) is 77.2 Å². The van der Waals surface area contributed by atoms with Crippen LogP contribution in [0.1, 0.15) is 62.1 Å². The van der Waals surface area contributed by atoms with E-state index >= 15 is 0 Å². The maximum atomic E-state index is 13.3. The van der Waals surface area contributed by atoms with Crippen molar-refractivity contribution in [3.63, 3.8) is 0 Å². The number of fused-ring (bicyclic) bond motifs is 2. The lowest BCUT2D eigenvalue weighted by Gasteiger charge is -2.33. The number of carbonyl (C=O) groups is 1. The van der Waals surface area contributed by atoms with Crippen molar-refractivity contribution in [2.75, 3.05) is 13.1 Å². The molecule has 2 bridgehead atoms. The number of benzene rings is 1. The van der Waals surface area contributed by atoms with Gasteiger partial charge < -0.3 is 5.32 Å². The van der Waals surface area contributed by atoms with E-state index in [4.69, 9.17) is 0 Å². The minimum atomic E-state index is -3.53. The zero-order valence-corrected chi connectivity index (χ0v) is 19.6. The van der Waals surface area contributed by atoms with Gasteiger partial charge in [-0.05, 0) is 88.7 Å². The fraction of sp³-hybridized carbons (Fsp3) is 0.708. The Hall–Kier alpha value is -1.40. The molecule has 6 heteroatoms. The molecule has 4 atom stereocenters. The van der Waals surface area contributed by atoms with Gasteiger partial charge in [-0.3, -0.25) is 4.79 Å². The van der Waals surface area contributed by atoms with Crippen LogP contribution in [0, 0.1) is 44.4 Å². The minimum absolute atomic E-state index is 0.0855. The average Bonchev–Trinajstić information content (AvgIpc) is 3.30. The molecule has 1 aromatic carbocycles. The van der Waals surface area contributed by atoms with Crippen molar-refractivity contribution in [3.05, 3.63) is 28.8 Å². The Morgan fingerprint density at radius 1 is 1.03 bits per heavy atom. The molecule has 1 amide bonds. The second-order valence-corrected chi connectivity index (χ2v) is 11.9. The Kier molecular flexibility index (Phi) is 6.01. The quantitative estimate of drug-likeness (QED) is 0.766. The molecule has 1 heterocycles. The Morgan fingerprint density at radius 2 is 1.67 bits per heavy atom. The molecular weight excluding hydrogens is 396 g/mol. The number of sulfonamides is 1. The topological polar surface area (TPSA) is 66.5 Å². The third kappa shape index (κ3) is 4.05. The number of aryl methyl sites for hydroxylation is 3. The van der Waals surface area contributed by atoms with Gasteiger partial charge in [0.05, 0.1) is 4.90 Å². The predicted molar refractivity (Wildman–Crippen MR) is 119 cm³/mol. The van der Waals surface area contributed by atoms with Crippen molar-refractivity contribution < 1.29 is 13.2 Å². The Labute approximate surface area is 181 Å². The fourth-order valence-electron chi connectivity index (χ4n) is 6.42. The Bertz CT molecular complexity index is 895. The summed E-state index contributed by atoms with van der Waals surface area (Å²) in [5, 5.41) is 3.28. The van der Waals surface area contributed by atoms with Crippen LogP contribution >= 0.6 is 0 Å². The number of nitrogens with one attached hydrogen (secondary N) is 1. The molecule has 3 fully saturated rings. The van der Waals surface area contributed by atoms with Gasteiger partial charge in [-0.25, -0.2) is 8.42 Å². The van der Waals surface area contributed by atoms with E-state index in [-0.39, 0.29) is 17.9 Å². The number of piperidine rings is 1. The number of amides is 1. The lowest BCUT2D eigenvalue weighted by molar-refractivity contribution is -0.127. The summed E-state index contributed by atoms with van der Waals surface area (Å²) >= 11 is 0. The first-order chi connectivity index (χ1) is 14.2. The molecule has 3 aliphatic rings. The van der Waals surface area contributed by atoms with E-state index in [0.29, 0.717) is 36.7 Å². The summed E-state index contributed by atoms with van der Waals surface area (Å²) in [7, 11) is -3.53. The van der Waals surface area contributed by atoms with Crippen LogP contribution in [0.5, 0.6) is 0 Å². The minimum Gasteiger partial charge on any atom is -0.353 e. The molecule has 2 aliphatic carbocycles. The van der Waals surface area contributed by atoms with E-state index < -0.39 is 10.0 Å². The smallest absolute Gasteiger partial charge is 0.243 e. The summed E-state index contributed by atoms with van der Waals surface area (Å²) in [5.74, 6) is 2.32.